The molecule has 0 atom stereocenters. The molecule has 0 spiro atoms. The molecule has 0 unspecified atom stereocenters. The molecule has 4 rings (SSSR count). The maximum atomic E-state index is 13.3. The lowest BCUT2D eigenvalue weighted by atomic mass is 10.1. The molecule has 0 saturated heterocycles. The summed E-state index contributed by atoms with van der Waals surface area (Å²) in [4.78, 5) is 16.4. The zero-order valence-corrected chi connectivity index (χ0v) is 19.6. The first-order valence-electron chi connectivity index (χ1n) is 10.4. The molecule has 0 fully saturated rings. The maximum Gasteiger partial charge on any atom is 0.258 e. The van der Waals surface area contributed by atoms with Crippen LogP contribution < -0.4 is 4.90 Å². The van der Waals surface area contributed by atoms with Crippen molar-refractivity contribution in [2.45, 2.75) is 38.6 Å². The van der Waals surface area contributed by atoms with Crippen molar-refractivity contribution in [1.82, 2.24) is 4.31 Å². The quantitative estimate of drug-likeness (QED) is 0.558. The van der Waals surface area contributed by atoms with Gasteiger partial charge in [-0.25, -0.2) is 8.42 Å². The Bertz CT molecular complexity index is 1230. The molecule has 0 aliphatic carbocycles. The van der Waals surface area contributed by atoms with Crippen LogP contribution in [-0.2, 0) is 23.0 Å². The number of carbonyl (C=O) groups excluding carboxylic acids is 1. The molecule has 0 radical (unpaired) electrons. The normalized spacial score (nSPS) is 14.3. The lowest BCUT2D eigenvalue weighted by Crippen LogP contribution is -2.35. The third-order valence-corrected chi connectivity index (χ3v) is 8.56. The molecule has 1 amide bonds. The van der Waals surface area contributed by atoms with E-state index in [4.69, 9.17) is 0 Å². The van der Waals surface area contributed by atoms with E-state index in [0.29, 0.717) is 25.2 Å². The molecule has 0 saturated carbocycles. The first kappa shape index (κ1) is 21.7. The van der Waals surface area contributed by atoms with Crippen LogP contribution in [0.1, 0.15) is 38.8 Å². The number of sulfonamides is 1. The molecule has 162 valence electrons. The largest absolute Gasteiger partial charge is 0.308 e. The van der Waals surface area contributed by atoms with Crippen molar-refractivity contribution >= 4 is 33.0 Å². The minimum Gasteiger partial charge on any atom is -0.308 e. The molecule has 1 aromatic heterocycles. The number of fused-ring (bicyclic) bond motifs is 1. The number of rotatable bonds is 5. The van der Waals surface area contributed by atoms with Crippen LogP contribution in [0.5, 0.6) is 0 Å². The van der Waals surface area contributed by atoms with Crippen LogP contribution in [0.2, 0.25) is 0 Å². The van der Waals surface area contributed by atoms with Gasteiger partial charge in [-0.15, -0.1) is 11.3 Å². The number of anilines is 1. The fourth-order valence-electron chi connectivity index (χ4n) is 4.05. The van der Waals surface area contributed by atoms with Crippen molar-refractivity contribution in [2.75, 3.05) is 18.0 Å². The van der Waals surface area contributed by atoms with E-state index in [1.54, 1.807) is 34.4 Å². The summed E-state index contributed by atoms with van der Waals surface area (Å²) in [6, 6.07) is 14.4. The highest BCUT2D eigenvalue weighted by Crippen LogP contribution is 2.29. The second-order valence-corrected chi connectivity index (χ2v) is 10.8. The average Bonchev–Trinajstić information content (AvgIpc) is 3.23. The number of amides is 1. The van der Waals surface area contributed by atoms with Crippen LogP contribution in [0.15, 0.2) is 58.8 Å². The molecule has 5 nitrogen and oxygen atoms in total. The SMILES string of the molecule is CCN(C(=O)c1cccc(S(=O)(=O)N2CCc3sccc3C2)c1)c1ccc(C)cc1C. The fraction of sp³-hybridized carbons (Fsp3) is 0.292. The van der Waals surface area contributed by atoms with Crippen LogP contribution in [0.4, 0.5) is 5.69 Å². The number of carbonyl (C=O) groups is 1. The van der Waals surface area contributed by atoms with Gasteiger partial charge in [-0.1, -0.05) is 23.8 Å². The lowest BCUT2D eigenvalue weighted by Gasteiger charge is -2.27. The van der Waals surface area contributed by atoms with Crippen molar-refractivity contribution < 1.29 is 13.2 Å². The van der Waals surface area contributed by atoms with E-state index in [-0.39, 0.29) is 10.8 Å². The Morgan fingerprint density at radius 2 is 1.94 bits per heavy atom. The fourth-order valence-corrected chi connectivity index (χ4v) is 6.41. The number of hydrogen-bond acceptors (Lipinski definition) is 4. The van der Waals surface area contributed by atoms with Gasteiger partial charge in [0.05, 0.1) is 4.90 Å². The summed E-state index contributed by atoms with van der Waals surface area (Å²) in [6.45, 7) is 7.24. The highest BCUT2D eigenvalue weighted by Gasteiger charge is 2.29. The summed E-state index contributed by atoms with van der Waals surface area (Å²) in [6.07, 6.45) is 0.723. The van der Waals surface area contributed by atoms with Gasteiger partial charge in [-0.05, 0) is 74.0 Å². The van der Waals surface area contributed by atoms with Gasteiger partial charge in [0.15, 0.2) is 0 Å². The number of benzene rings is 2. The highest BCUT2D eigenvalue weighted by molar-refractivity contribution is 7.89. The number of nitrogens with zero attached hydrogens (tertiary/aromatic N) is 2. The standard InChI is InChI=1S/C24H26N2O3S2/c1-4-26(22-9-8-17(2)14-18(22)3)24(27)19-6-5-7-21(15-19)31(28,29)25-12-10-23-20(16-25)11-13-30-23/h5-9,11,13-15H,4,10,12,16H2,1-3H3. The highest BCUT2D eigenvalue weighted by atomic mass is 32.2. The van der Waals surface area contributed by atoms with E-state index in [1.807, 2.05) is 50.4 Å². The van der Waals surface area contributed by atoms with Crippen LogP contribution in [0.3, 0.4) is 0 Å². The molecular weight excluding hydrogens is 428 g/mol. The summed E-state index contributed by atoms with van der Waals surface area (Å²) in [5, 5.41) is 2.01. The van der Waals surface area contributed by atoms with Gasteiger partial charge in [-0.2, -0.15) is 4.31 Å². The van der Waals surface area contributed by atoms with Crippen LogP contribution in [-0.4, -0.2) is 31.7 Å². The predicted molar refractivity (Wildman–Crippen MR) is 125 cm³/mol. The zero-order chi connectivity index (χ0) is 22.2. The molecule has 31 heavy (non-hydrogen) atoms. The van der Waals surface area contributed by atoms with Gasteiger partial charge >= 0.3 is 0 Å². The zero-order valence-electron chi connectivity index (χ0n) is 18.0. The molecule has 0 N–H and O–H groups in total. The lowest BCUT2D eigenvalue weighted by molar-refractivity contribution is 0.0988. The summed E-state index contributed by atoms with van der Waals surface area (Å²) in [7, 11) is -3.68. The molecule has 1 aliphatic heterocycles. The molecule has 1 aliphatic rings. The summed E-state index contributed by atoms with van der Waals surface area (Å²) in [5.74, 6) is -0.203. The summed E-state index contributed by atoms with van der Waals surface area (Å²) >= 11 is 1.67. The Balaban J connectivity index is 1.63. The molecule has 3 aromatic rings. The third kappa shape index (κ3) is 4.18. The Labute approximate surface area is 188 Å². The maximum absolute atomic E-state index is 13.3. The van der Waals surface area contributed by atoms with Gasteiger partial charge in [0.2, 0.25) is 10.0 Å². The van der Waals surface area contributed by atoms with Crippen molar-refractivity contribution in [3.8, 4) is 0 Å². The minimum absolute atomic E-state index is 0.161. The van der Waals surface area contributed by atoms with Crippen molar-refractivity contribution in [3.63, 3.8) is 0 Å². The first-order valence-corrected chi connectivity index (χ1v) is 12.7. The second-order valence-electron chi connectivity index (χ2n) is 7.82. The van der Waals surface area contributed by atoms with E-state index >= 15 is 0 Å². The predicted octanol–water partition coefficient (Wildman–Crippen LogP) is 4.78. The van der Waals surface area contributed by atoms with Crippen LogP contribution >= 0.6 is 11.3 Å². The smallest absolute Gasteiger partial charge is 0.258 e. The summed E-state index contributed by atoms with van der Waals surface area (Å²) in [5.41, 5.74) is 4.43. The Morgan fingerprint density at radius 3 is 2.68 bits per heavy atom. The van der Waals surface area contributed by atoms with Crippen molar-refractivity contribution in [1.29, 1.82) is 0 Å². The van der Waals surface area contributed by atoms with E-state index in [2.05, 4.69) is 0 Å². The molecule has 2 aromatic carbocycles. The topological polar surface area (TPSA) is 57.7 Å². The van der Waals surface area contributed by atoms with Crippen LogP contribution in [0, 0.1) is 13.8 Å². The monoisotopic (exact) mass is 454 g/mol. The Morgan fingerprint density at radius 1 is 1.13 bits per heavy atom. The number of thiophene rings is 1. The van der Waals surface area contributed by atoms with Gasteiger partial charge in [0.1, 0.15) is 0 Å². The Hall–Kier alpha value is -2.48. The average molecular weight is 455 g/mol. The van der Waals surface area contributed by atoms with Gasteiger partial charge in [0.25, 0.3) is 5.91 Å². The van der Waals surface area contributed by atoms with E-state index in [9.17, 15) is 13.2 Å². The van der Waals surface area contributed by atoms with E-state index in [1.165, 1.54) is 15.2 Å². The Kier molecular flexibility index (Phi) is 6.01. The second kappa shape index (κ2) is 8.57. The van der Waals surface area contributed by atoms with Crippen molar-refractivity contribution in [3.05, 3.63) is 81.0 Å². The molecule has 7 heteroatoms. The van der Waals surface area contributed by atoms with E-state index < -0.39 is 10.0 Å². The van der Waals surface area contributed by atoms with Gasteiger partial charge < -0.3 is 4.90 Å². The van der Waals surface area contributed by atoms with Crippen LogP contribution in [0.25, 0.3) is 0 Å². The first-order chi connectivity index (χ1) is 14.8. The molecule has 2 heterocycles. The molecule has 0 bridgehead atoms. The van der Waals surface area contributed by atoms with Crippen molar-refractivity contribution in [2.24, 2.45) is 0 Å². The minimum atomic E-state index is -3.68. The number of hydrogen-bond donors (Lipinski definition) is 0. The van der Waals surface area contributed by atoms with Gasteiger partial charge in [0, 0.05) is 35.8 Å². The van der Waals surface area contributed by atoms with Gasteiger partial charge in [-0.3, -0.25) is 4.79 Å². The number of aryl methyl sites for hydroxylation is 2. The molecular formula is C24H26N2O3S2. The summed E-state index contributed by atoms with van der Waals surface area (Å²) < 4.78 is 28.1. The van der Waals surface area contributed by atoms with E-state index in [0.717, 1.165) is 28.8 Å². The third-order valence-electron chi connectivity index (χ3n) is 5.70.